The van der Waals surface area contributed by atoms with Crippen LogP contribution < -0.4 is 14.4 Å². The Balaban J connectivity index is 1.60. The van der Waals surface area contributed by atoms with Gasteiger partial charge in [0.2, 0.25) is 0 Å². The highest BCUT2D eigenvalue weighted by Gasteiger charge is 2.22. The van der Waals surface area contributed by atoms with Crippen LogP contribution in [0.25, 0.3) is 0 Å². The maximum atomic E-state index is 5.44. The molecule has 0 radical (unpaired) electrons. The van der Waals surface area contributed by atoms with E-state index < -0.39 is 0 Å². The number of benzene rings is 2. The Kier molecular flexibility index (Phi) is 6.27. The predicted molar refractivity (Wildman–Crippen MR) is 112 cm³/mol. The molecule has 1 atom stereocenters. The Morgan fingerprint density at radius 3 is 2.30 bits per heavy atom. The molecule has 1 saturated heterocycles. The standard InChI is InChI=1S/C23H32N2O2/c1-17-7-6-8-21(19(17)3)25-13-11-24(12-14-25)18(2)15-20-9-10-22(26-4)23(16-20)27-5/h6-10,16,18H,11-15H2,1-5H3. The summed E-state index contributed by atoms with van der Waals surface area (Å²) >= 11 is 0. The monoisotopic (exact) mass is 368 g/mol. The fourth-order valence-corrected chi connectivity index (χ4v) is 3.96. The SMILES string of the molecule is COc1ccc(CC(C)N2CCN(c3cccc(C)c3C)CC2)cc1OC. The van der Waals surface area contributed by atoms with Crippen molar-refractivity contribution in [2.75, 3.05) is 45.3 Å². The van der Waals surface area contributed by atoms with Gasteiger partial charge in [-0.3, -0.25) is 4.90 Å². The molecule has 2 aromatic carbocycles. The summed E-state index contributed by atoms with van der Waals surface area (Å²) in [5.74, 6) is 1.60. The third-order valence-corrected chi connectivity index (χ3v) is 5.83. The first-order valence-electron chi connectivity index (χ1n) is 9.79. The summed E-state index contributed by atoms with van der Waals surface area (Å²) in [6.45, 7) is 11.1. The Hall–Kier alpha value is -2.20. The average Bonchev–Trinajstić information content (AvgIpc) is 2.70. The molecular formula is C23H32N2O2. The van der Waals surface area contributed by atoms with Crippen molar-refractivity contribution in [2.24, 2.45) is 0 Å². The van der Waals surface area contributed by atoms with E-state index in [0.717, 1.165) is 44.1 Å². The molecule has 2 aromatic rings. The van der Waals surface area contributed by atoms with Gasteiger partial charge in [0.15, 0.2) is 11.5 Å². The lowest BCUT2D eigenvalue weighted by molar-refractivity contribution is 0.196. The van der Waals surface area contributed by atoms with Crippen molar-refractivity contribution in [1.29, 1.82) is 0 Å². The van der Waals surface area contributed by atoms with Crippen molar-refractivity contribution < 1.29 is 9.47 Å². The van der Waals surface area contributed by atoms with E-state index in [1.807, 2.05) is 6.07 Å². The summed E-state index contributed by atoms with van der Waals surface area (Å²) in [6.07, 6.45) is 1.02. The lowest BCUT2D eigenvalue weighted by Gasteiger charge is -2.40. The minimum Gasteiger partial charge on any atom is -0.493 e. The van der Waals surface area contributed by atoms with Crippen molar-refractivity contribution in [3.05, 3.63) is 53.1 Å². The quantitative estimate of drug-likeness (QED) is 0.767. The molecule has 4 nitrogen and oxygen atoms in total. The van der Waals surface area contributed by atoms with Crippen molar-refractivity contribution >= 4 is 5.69 Å². The Morgan fingerprint density at radius 1 is 0.926 bits per heavy atom. The number of aryl methyl sites for hydroxylation is 1. The fraction of sp³-hybridized carbons (Fsp3) is 0.478. The van der Waals surface area contributed by atoms with Gasteiger partial charge in [-0.25, -0.2) is 0 Å². The number of ether oxygens (including phenoxy) is 2. The first-order chi connectivity index (χ1) is 13.0. The van der Waals surface area contributed by atoms with Crippen LogP contribution in [0.5, 0.6) is 11.5 Å². The zero-order valence-corrected chi connectivity index (χ0v) is 17.3. The fourth-order valence-electron chi connectivity index (χ4n) is 3.96. The largest absolute Gasteiger partial charge is 0.493 e. The molecule has 1 unspecified atom stereocenters. The number of methoxy groups -OCH3 is 2. The van der Waals surface area contributed by atoms with Gasteiger partial charge >= 0.3 is 0 Å². The molecule has 1 fully saturated rings. The van der Waals surface area contributed by atoms with E-state index >= 15 is 0 Å². The van der Waals surface area contributed by atoms with Crippen LogP contribution in [0.4, 0.5) is 5.69 Å². The number of rotatable bonds is 6. The molecule has 146 valence electrons. The number of hydrogen-bond acceptors (Lipinski definition) is 4. The molecular weight excluding hydrogens is 336 g/mol. The Labute approximate surface area is 163 Å². The first-order valence-corrected chi connectivity index (χ1v) is 9.79. The van der Waals surface area contributed by atoms with E-state index in [0.29, 0.717) is 6.04 Å². The number of anilines is 1. The second-order valence-electron chi connectivity index (χ2n) is 7.48. The van der Waals surface area contributed by atoms with Gasteiger partial charge in [0, 0.05) is 37.9 Å². The molecule has 0 amide bonds. The summed E-state index contributed by atoms with van der Waals surface area (Å²) in [6, 6.07) is 13.4. The molecule has 1 aliphatic rings. The van der Waals surface area contributed by atoms with E-state index in [1.54, 1.807) is 14.2 Å². The van der Waals surface area contributed by atoms with Gasteiger partial charge < -0.3 is 14.4 Å². The normalized spacial score (nSPS) is 16.3. The van der Waals surface area contributed by atoms with Crippen LogP contribution in [-0.4, -0.2) is 51.3 Å². The van der Waals surface area contributed by atoms with Crippen molar-refractivity contribution in [3.63, 3.8) is 0 Å². The Morgan fingerprint density at radius 2 is 1.63 bits per heavy atom. The van der Waals surface area contributed by atoms with Crippen LogP contribution in [0.15, 0.2) is 36.4 Å². The number of nitrogens with zero attached hydrogens (tertiary/aromatic N) is 2. The average molecular weight is 369 g/mol. The van der Waals surface area contributed by atoms with Gasteiger partial charge in [-0.05, 0) is 62.1 Å². The zero-order valence-electron chi connectivity index (χ0n) is 17.3. The highest BCUT2D eigenvalue weighted by atomic mass is 16.5. The zero-order chi connectivity index (χ0) is 19.4. The highest BCUT2D eigenvalue weighted by Crippen LogP contribution is 2.29. The third-order valence-electron chi connectivity index (χ3n) is 5.83. The number of hydrogen-bond donors (Lipinski definition) is 0. The van der Waals surface area contributed by atoms with E-state index in [1.165, 1.54) is 22.4 Å². The van der Waals surface area contributed by atoms with Crippen LogP contribution in [0, 0.1) is 13.8 Å². The molecule has 0 bridgehead atoms. The van der Waals surface area contributed by atoms with Crippen LogP contribution in [0.1, 0.15) is 23.6 Å². The van der Waals surface area contributed by atoms with Gasteiger partial charge in [0.1, 0.15) is 0 Å². The van der Waals surface area contributed by atoms with Crippen LogP contribution in [0.2, 0.25) is 0 Å². The smallest absolute Gasteiger partial charge is 0.160 e. The van der Waals surface area contributed by atoms with E-state index in [4.69, 9.17) is 9.47 Å². The molecule has 0 aromatic heterocycles. The third kappa shape index (κ3) is 4.38. The molecule has 4 heteroatoms. The lowest BCUT2D eigenvalue weighted by Crippen LogP contribution is -2.50. The second-order valence-corrected chi connectivity index (χ2v) is 7.48. The molecule has 27 heavy (non-hydrogen) atoms. The van der Waals surface area contributed by atoms with E-state index in [2.05, 4.69) is 60.9 Å². The highest BCUT2D eigenvalue weighted by molar-refractivity contribution is 5.56. The van der Waals surface area contributed by atoms with Crippen molar-refractivity contribution in [3.8, 4) is 11.5 Å². The van der Waals surface area contributed by atoms with Crippen LogP contribution in [-0.2, 0) is 6.42 Å². The predicted octanol–water partition coefficient (Wildman–Crippen LogP) is 4.07. The molecule has 0 saturated carbocycles. The van der Waals surface area contributed by atoms with Crippen molar-refractivity contribution in [2.45, 2.75) is 33.2 Å². The van der Waals surface area contributed by atoms with Crippen molar-refractivity contribution in [1.82, 2.24) is 4.90 Å². The second kappa shape index (κ2) is 8.66. The molecule has 1 heterocycles. The molecule has 3 rings (SSSR count). The molecule has 0 spiro atoms. The van der Waals surface area contributed by atoms with Gasteiger partial charge in [-0.15, -0.1) is 0 Å². The minimum absolute atomic E-state index is 0.504. The lowest BCUT2D eigenvalue weighted by atomic mass is 10.0. The van der Waals surface area contributed by atoms with E-state index in [9.17, 15) is 0 Å². The molecule has 1 aliphatic heterocycles. The van der Waals surface area contributed by atoms with Crippen LogP contribution >= 0.6 is 0 Å². The maximum absolute atomic E-state index is 5.44. The van der Waals surface area contributed by atoms with E-state index in [-0.39, 0.29) is 0 Å². The summed E-state index contributed by atoms with van der Waals surface area (Å²) in [5.41, 5.74) is 5.46. The Bertz CT molecular complexity index is 767. The van der Waals surface area contributed by atoms with Crippen LogP contribution in [0.3, 0.4) is 0 Å². The summed E-state index contributed by atoms with van der Waals surface area (Å²) in [5, 5.41) is 0. The first kappa shape index (κ1) is 19.6. The molecule has 0 N–H and O–H groups in total. The molecule has 0 aliphatic carbocycles. The summed E-state index contributed by atoms with van der Waals surface area (Å²) < 4.78 is 10.8. The topological polar surface area (TPSA) is 24.9 Å². The maximum Gasteiger partial charge on any atom is 0.160 e. The van der Waals surface area contributed by atoms with Gasteiger partial charge in [-0.2, -0.15) is 0 Å². The van der Waals surface area contributed by atoms with Gasteiger partial charge in [0.05, 0.1) is 14.2 Å². The summed E-state index contributed by atoms with van der Waals surface area (Å²) in [7, 11) is 3.37. The van der Waals surface area contributed by atoms with Gasteiger partial charge in [-0.1, -0.05) is 18.2 Å². The van der Waals surface area contributed by atoms with Gasteiger partial charge in [0.25, 0.3) is 0 Å². The summed E-state index contributed by atoms with van der Waals surface area (Å²) in [4.78, 5) is 5.13. The minimum atomic E-state index is 0.504. The number of piperazine rings is 1.